The molecule has 0 aliphatic heterocycles. The predicted molar refractivity (Wildman–Crippen MR) is 76.0 cm³/mol. The summed E-state index contributed by atoms with van der Waals surface area (Å²) < 4.78 is 5.13. The van der Waals surface area contributed by atoms with Gasteiger partial charge >= 0.3 is 6.09 Å². The van der Waals surface area contributed by atoms with Crippen molar-refractivity contribution in [2.24, 2.45) is 5.84 Å². The number of alkyl carbamates (subject to hydrolysis) is 1. The molecule has 0 spiro atoms. The third-order valence-electron chi connectivity index (χ3n) is 2.46. The molecule has 0 atom stereocenters. The number of benzene rings is 1. The van der Waals surface area contributed by atoms with Crippen LogP contribution in [0.4, 0.5) is 4.79 Å². The first-order valence-corrected chi connectivity index (χ1v) is 6.39. The van der Waals surface area contributed by atoms with E-state index in [1.54, 1.807) is 32.9 Å². The van der Waals surface area contributed by atoms with E-state index >= 15 is 0 Å². The van der Waals surface area contributed by atoms with Crippen LogP contribution in [0, 0.1) is 0 Å². The highest BCUT2D eigenvalue weighted by molar-refractivity contribution is 5.95. The molecule has 0 aliphatic carbocycles. The summed E-state index contributed by atoms with van der Waals surface area (Å²) in [5.41, 5.74) is 2.89. The third kappa shape index (κ3) is 5.27. The lowest BCUT2D eigenvalue weighted by atomic mass is 10.0. The highest BCUT2D eigenvalue weighted by Gasteiger charge is 2.16. The van der Waals surface area contributed by atoms with Gasteiger partial charge in [0, 0.05) is 12.1 Å². The van der Waals surface area contributed by atoms with Gasteiger partial charge in [0.05, 0.1) is 0 Å². The number of hydrazine groups is 1. The van der Waals surface area contributed by atoms with Crippen molar-refractivity contribution in [2.75, 3.05) is 6.54 Å². The average Bonchev–Trinajstić information content (AvgIpc) is 2.36. The number of carbonyl (C=O) groups is 2. The molecule has 110 valence electrons. The molecular formula is C14H21N3O3. The second-order valence-electron chi connectivity index (χ2n) is 5.31. The molecule has 0 saturated carbocycles. The van der Waals surface area contributed by atoms with Crippen LogP contribution in [-0.4, -0.2) is 24.1 Å². The lowest BCUT2D eigenvalue weighted by Crippen LogP contribution is -2.34. The zero-order valence-corrected chi connectivity index (χ0v) is 12.0. The van der Waals surface area contributed by atoms with Crippen molar-refractivity contribution in [3.8, 4) is 0 Å². The largest absolute Gasteiger partial charge is 0.444 e. The molecule has 0 bridgehead atoms. The minimum Gasteiger partial charge on any atom is -0.444 e. The predicted octanol–water partition coefficient (Wildman–Crippen LogP) is 1.36. The van der Waals surface area contributed by atoms with E-state index in [0.717, 1.165) is 5.56 Å². The molecule has 1 aromatic carbocycles. The van der Waals surface area contributed by atoms with Gasteiger partial charge in [-0.2, -0.15) is 0 Å². The number of nitrogens with two attached hydrogens (primary N) is 1. The quantitative estimate of drug-likeness (QED) is 0.440. The van der Waals surface area contributed by atoms with Gasteiger partial charge in [-0.05, 0) is 38.8 Å². The highest BCUT2D eigenvalue weighted by Crippen LogP contribution is 2.09. The molecule has 6 heteroatoms. The zero-order chi connectivity index (χ0) is 15.2. The molecule has 0 radical (unpaired) electrons. The minimum absolute atomic E-state index is 0.349. The van der Waals surface area contributed by atoms with Crippen LogP contribution < -0.4 is 16.6 Å². The smallest absolute Gasteiger partial charge is 0.407 e. The average molecular weight is 279 g/mol. The van der Waals surface area contributed by atoms with E-state index < -0.39 is 11.7 Å². The molecule has 20 heavy (non-hydrogen) atoms. The van der Waals surface area contributed by atoms with Gasteiger partial charge in [-0.1, -0.05) is 18.2 Å². The van der Waals surface area contributed by atoms with Crippen LogP contribution in [0.5, 0.6) is 0 Å². The Hall–Kier alpha value is -2.08. The van der Waals surface area contributed by atoms with Gasteiger partial charge in [0.25, 0.3) is 5.91 Å². The number of hydrogen-bond acceptors (Lipinski definition) is 4. The SMILES string of the molecule is CC(C)(C)OC(=O)NCCc1ccccc1C(=O)NN. The summed E-state index contributed by atoms with van der Waals surface area (Å²) in [4.78, 5) is 23.1. The number of nitrogens with one attached hydrogen (secondary N) is 2. The van der Waals surface area contributed by atoms with Gasteiger partial charge in [-0.3, -0.25) is 10.2 Å². The molecule has 0 aromatic heterocycles. The summed E-state index contributed by atoms with van der Waals surface area (Å²) in [5.74, 6) is 4.78. The summed E-state index contributed by atoms with van der Waals surface area (Å²) >= 11 is 0. The van der Waals surface area contributed by atoms with Gasteiger partial charge in [0.1, 0.15) is 5.60 Å². The van der Waals surface area contributed by atoms with E-state index in [2.05, 4.69) is 10.7 Å². The molecule has 1 aromatic rings. The molecule has 0 fully saturated rings. The van der Waals surface area contributed by atoms with Gasteiger partial charge in [0.2, 0.25) is 0 Å². The second-order valence-corrected chi connectivity index (χ2v) is 5.31. The molecule has 0 aliphatic rings. The first-order chi connectivity index (χ1) is 9.33. The van der Waals surface area contributed by atoms with Crippen molar-refractivity contribution >= 4 is 12.0 Å². The lowest BCUT2D eigenvalue weighted by Gasteiger charge is -2.19. The molecule has 1 rings (SSSR count). The maximum Gasteiger partial charge on any atom is 0.407 e. The standard InChI is InChI=1S/C14H21N3O3/c1-14(2,3)20-13(19)16-9-8-10-6-4-5-7-11(10)12(18)17-15/h4-7H,8-9,15H2,1-3H3,(H,16,19)(H,17,18). The van der Waals surface area contributed by atoms with Crippen LogP contribution in [-0.2, 0) is 11.2 Å². The molecule has 2 amide bonds. The number of ether oxygens (including phenoxy) is 1. The molecule has 0 saturated heterocycles. The monoisotopic (exact) mass is 279 g/mol. The number of nitrogen functional groups attached to an aromatic ring is 1. The van der Waals surface area contributed by atoms with Crippen molar-refractivity contribution in [1.29, 1.82) is 0 Å². The molecule has 6 nitrogen and oxygen atoms in total. The van der Waals surface area contributed by atoms with E-state index in [1.807, 2.05) is 12.1 Å². The number of amides is 2. The Balaban J connectivity index is 2.54. The van der Waals surface area contributed by atoms with Crippen LogP contribution in [0.3, 0.4) is 0 Å². The minimum atomic E-state index is -0.526. The summed E-state index contributed by atoms with van der Waals surface area (Å²) in [6.07, 6.45) is 0.0429. The van der Waals surface area contributed by atoms with Crippen LogP contribution in [0.1, 0.15) is 36.7 Å². The third-order valence-corrected chi connectivity index (χ3v) is 2.46. The summed E-state index contributed by atoms with van der Waals surface area (Å²) in [6, 6.07) is 7.10. The van der Waals surface area contributed by atoms with E-state index in [9.17, 15) is 9.59 Å². The molecule has 0 heterocycles. The fourth-order valence-electron chi connectivity index (χ4n) is 1.65. The lowest BCUT2D eigenvalue weighted by molar-refractivity contribution is 0.0528. The number of hydrogen-bond donors (Lipinski definition) is 3. The summed E-state index contributed by atoms with van der Waals surface area (Å²) in [5, 5.41) is 2.65. The Morgan fingerprint density at radius 2 is 1.90 bits per heavy atom. The van der Waals surface area contributed by atoms with Crippen molar-refractivity contribution in [3.63, 3.8) is 0 Å². The molecular weight excluding hydrogens is 258 g/mol. The van der Waals surface area contributed by atoms with Gasteiger partial charge in [0.15, 0.2) is 0 Å². The maximum absolute atomic E-state index is 11.6. The van der Waals surface area contributed by atoms with E-state index in [-0.39, 0.29) is 5.91 Å². The van der Waals surface area contributed by atoms with Gasteiger partial charge in [-0.25, -0.2) is 10.6 Å². The Morgan fingerprint density at radius 1 is 1.25 bits per heavy atom. The van der Waals surface area contributed by atoms with Crippen LogP contribution in [0.2, 0.25) is 0 Å². The highest BCUT2D eigenvalue weighted by atomic mass is 16.6. The van der Waals surface area contributed by atoms with Crippen LogP contribution in [0.15, 0.2) is 24.3 Å². The van der Waals surface area contributed by atoms with E-state index in [0.29, 0.717) is 18.5 Å². The van der Waals surface area contributed by atoms with Crippen molar-refractivity contribution < 1.29 is 14.3 Å². The normalized spacial score (nSPS) is 10.8. The Kier molecular flexibility index (Phi) is 5.52. The Labute approximate surface area is 118 Å². The topological polar surface area (TPSA) is 93.4 Å². The number of rotatable bonds is 4. The van der Waals surface area contributed by atoms with Crippen LogP contribution >= 0.6 is 0 Å². The van der Waals surface area contributed by atoms with E-state index in [4.69, 9.17) is 10.6 Å². The summed E-state index contributed by atoms with van der Waals surface area (Å²) in [7, 11) is 0. The Bertz CT molecular complexity index is 481. The fraction of sp³-hybridized carbons (Fsp3) is 0.429. The van der Waals surface area contributed by atoms with Gasteiger partial charge in [-0.15, -0.1) is 0 Å². The second kappa shape index (κ2) is 6.91. The summed E-state index contributed by atoms with van der Waals surface area (Å²) in [6.45, 7) is 5.78. The zero-order valence-electron chi connectivity index (χ0n) is 12.0. The van der Waals surface area contributed by atoms with Crippen LogP contribution in [0.25, 0.3) is 0 Å². The number of carbonyl (C=O) groups excluding carboxylic acids is 2. The fourth-order valence-corrected chi connectivity index (χ4v) is 1.65. The van der Waals surface area contributed by atoms with Crippen molar-refractivity contribution in [2.45, 2.75) is 32.8 Å². The Morgan fingerprint density at radius 3 is 2.50 bits per heavy atom. The molecule has 0 unspecified atom stereocenters. The molecule has 4 N–H and O–H groups in total. The van der Waals surface area contributed by atoms with Gasteiger partial charge < -0.3 is 10.1 Å². The first kappa shape index (κ1) is 16.0. The maximum atomic E-state index is 11.6. The van der Waals surface area contributed by atoms with E-state index in [1.165, 1.54) is 0 Å². The van der Waals surface area contributed by atoms with Crippen molar-refractivity contribution in [1.82, 2.24) is 10.7 Å². The first-order valence-electron chi connectivity index (χ1n) is 6.39. The van der Waals surface area contributed by atoms with Crippen molar-refractivity contribution in [3.05, 3.63) is 35.4 Å².